The van der Waals surface area contributed by atoms with E-state index in [9.17, 15) is 0 Å². The molecule has 1 aromatic carbocycles. The van der Waals surface area contributed by atoms with E-state index in [4.69, 9.17) is 16.1 Å². The number of rotatable bonds is 5. The fourth-order valence-corrected chi connectivity index (χ4v) is 4.42. The Morgan fingerprint density at radius 3 is 2.55 bits per heavy atom. The summed E-state index contributed by atoms with van der Waals surface area (Å²) in [6, 6.07) is 7.18. The predicted octanol–water partition coefficient (Wildman–Crippen LogP) is 3.97. The van der Waals surface area contributed by atoms with Crippen LogP contribution in [0.25, 0.3) is 10.9 Å². The maximum atomic E-state index is 8.84. The molecule has 0 radical (unpaired) electrons. The van der Waals surface area contributed by atoms with Crippen LogP contribution in [0.3, 0.4) is 0 Å². The number of nitrogens with zero attached hydrogens (tertiary/aromatic N) is 4. The summed E-state index contributed by atoms with van der Waals surface area (Å²) in [7, 11) is 0. The summed E-state index contributed by atoms with van der Waals surface area (Å²) in [5.41, 5.74) is 6.94. The van der Waals surface area contributed by atoms with Gasteiger partial charge in [0.1, 0.15) is 12.1 Å². The number of nitrogens with one attached hydrogen (secondary N) is 1. The molecule has 1 saturated heterocycles. The van der Waals surface area contributed by atoms with Crippen molar-refractivity contribution in [2.45, 2.75) is 58.8 Å². The van der Waals surface area contributed by atoms with E-state index in [1.807, 2.05) is 6.07 Å². The zero-order valence-electron chi connectivity index (χ0n) is 20.5. The average molecular weight is 455 g/mol. The lowest BCUT2D eigenvalue weighted by atomic mass is 9.91. The number of aliphatic hydroxyl groups excluding tert-OH is 1. The van der Waals surface area contributed by atoms with Gasteiger partial charge in [-0.2, -0.15) is 5.26 Å². The van der Waals surface area contributed by atoms with Crippen molar-refractivity contribution < 1.29 is 5.11 Å². The Morgan fingerprint density at radius 2 is 1.97 bits per heavy atom. The minimum absolute atomic E-state index is 0.286. The summed E-state index contributed by atoms with van der Waals surface area (Å²) in [5, 5.41) is 21.6. The Bertz CT molecular complexity index is 838. The SMILES string of the molecule is CC1CCCCC1.CCN(CCO)CC1CCCNC1.N#Cc1ccc2ncnc(N)c2c1. The van der Waals surface area contributed by atoms with Crippen LogP contribution in [0.5, 0.6) is 0 Å². The summed E-state index contributed by atoms with van der Waals surface area (Å²) in [6.45, 7) is 10.2. The Kier molecular flexibility index (Phi) is 12.7. The highest BCUT2D eigenvalue weighted by Gasteiger charge is 2.15. The molecule has 0 bridgehead atoms. The molecule has 0 spiro atoms. The Morgan fingerprint density at radius 1 is 1.18 bits per heavy atom. The molecule has 1 saturated carbocycles. The number of likely N-dealkylation sites (N-methyl/N-ethyl adjacent to an activating group) is 1. The lowest BCUT2D eigenvalue weighted by Crippen LogP contribution is -2.39. The number of anilines is 1. The van der Waals surface area contributed by atoms with Crippen LogP contribution in [0.4, 0.5) is 5.82 Å². The van der Waals surface area contributed by atoms with E-state index in [0.29, 0.717) is 11.4 Å². The summed E-state index contributed by atoms with van der Waals surface area (Å²) >= 11 is 0. The first-order valence-electron chi connectivity index (χ1n) is 12.5. The molecule has 2 aromatic rings. The quantitative estimate of drug-likeness (QED) is 0.627. The monoisotopic (exact) mass is 454 g/mol. The van der Waals surface area contributed by atoms with Crippen LogP contribution in [-0.2, 0) is 0 Å². The van der Waals surface area contributed by atoms with Gasteiger partial charge in [0.25, 0.3) is 0 Å². The van der Waals surface area contributed by atoms with Gasteiger partial charge in [0.05, 0.1) is 23.8 Å². The van der Waals surface area contributed by atoms with E-state index in [0.717, 1.165) is 48.9 Å². The highest BCUT2D eigenvalue weighted by molar-refractivity contribution is 5.88. The highest BCUT2D eigenvalue weighted by Crippen LogP contribution is 2.22. The van der Waals surface area contributed by atoms with Crippen LogP contribution in [0.1, 0.15) is 64.4 Å². The fraction of sp³-hybridized carbons (Fsp3) is 0.654. The number of nitrogens with two attached hydrogens (primary N) is 1. The predicted molar refractivity (Wildman–Crippen MR) is 136 cm³/mol. The van der Waals surface area contributed by atoms with Crippen LogP contribution in [0.15, 0.2) is 24.5 Å². The first-order valence-corrected chi connectivity index (χ1v) is 12.5. The van der Waals surface area contributed by atoms with Crippen LogP contribution in [0, 0.1) is 23.2 Å². The molecule has 1 atom stereocenters. The largest absolute Gasteiger partial charge is 0.395 e. The fourth-order valence-electron chi connectivity index (χ4n) is 4.42. The molecular weight excluding hydrogens is 412 g/mol. The molecular formula is C26H42N6O. The van der Waals surface area contributed by atoms with E-state index in [1.165, 1.54) is 57.8 Å². The van der Waals surface area contributed by atoms with Crippen molar-refractivity contribution in [3.05, 3.63) is 30.1 Å². The zero-order chi connectivity index (χ0) is 23.9. The number of hydrogen-bond acceptors (Lipinski definition) is 7. The summed E-state index contributed by atoms with van der Waals surface area (Å²) < 4.78 is 0. The molecule has 1 aliphatic carbocycles. The molecule has 2 heterocycles. The molecule has 2 fully saturated rings. The number of aromatic nitrogens is 2. The maximum absolute atomic E-state index is 8.84. The second-order valence-corrected chi connectivity index (χ2v) is 9.18. The number of fused-ring (bicyclic) bond motifs is 1. The second kappa shape index (κ2) is 15.5. The van der Waals surface area contributed by atoms with Gasteiger partial charge in [-0.15, -0.1) is 0 Å². The number of nitriles is 1. The lowest BCUT2D eigenvalue weighted by molar-refractivity contribution is 0.170. The Hall–Kier alpha value is -2.27. The van der Waals surface area contributed by atoms with Gasteiger partial charge < -0.3 is 21.1 Å². The van der Waals surface area contributed by atoms with Crippen molar-refractivity contribution in [2.24, 2.45) is 11.8 Å². The van der Waals surface area contributed by atoms with E-state index in [1.54, 1.807) is 18.2 Å². The van der Waals surface area contributed by atoms with Gasteiger partial charge in [-0.25, -0.2) is 9.97 Å². The molecule has 4 N–H and O–H groups in total. The van der Waals surface area contributed by atoms with Crippen molar-refractivity contribution in [3.8, 4) is 6.07 Å². The van der Waals surface area contributed by atoms with Gasteiger partial charge in [0.15, 0.2) is 0 Å². The summed E-state index contributed by atoms with van der Waals surface area (Å²) in [5.74, 6) is 2.23. The average Bonchev–Trinajstić information content (AvgIpc) is 2.86. The number of benzene rings is 1. The maximum Gasteiger partial charge on any atom is 0.134 e. The van der Waals surface area contributed by atoms with Crippen LogP contribution in [0.2, 0.25) is 0 Å². The summed E-state index contributed by atoms with van der Waals surface area (Å²) in [4.78, 5) is 10.2. The smallest absolute Gasteiger partial charge is 0.134 e. The van der Waals surface area contributed by atoms with Crippen molar-refractivity contribution in [1.82, 2.24) is 20.2 Å². The third-order valence-corrected chi connectivity index (χ3v) is 6.47. The molecule has 182 valence electrons. The van der Waals surface area contributed by atoms with Crippen molar-refractivity contribution in [1.29, 1.82) is 5.26 Å². The third kappa shape index (κ3) is 10.0. The molecule has 0 amide bonds. The zero-order valence-corrected chi connectivity index (χ0v) is 20.5. The molecule has 1 unspecified atom stereocenters. The molecule has 4 rings (SSSR count). The molecule has 7 heteroatoms. The minimum Gasteiger partial charge on any atom is -0.395 e. The minimum atomic E-state index is 0.286. The van der Waals surface area contributed by atoms with E-state index in [-0.39, 0.29) is 6.61 Å². The van der Waals surface area contributed by atoms with Crippen molar-refractivity contribution >= 4 is 16.7 Å². The third-order valence-electron chi connectivity index (χ3n) is 6.47. The lowest BCUT2D eigenvalue weighted by Gasteiger charge is -2.28. The van der Waals surface area contributed by atoms with Crippen LogP contribution < -0.4 is 11.1 Å². The second-order valence-electron chi connectivity index (χ2n) is 9.18. The van der Waals surface area contributed by atoms with Gasteiger partial charge >= 0.3 is 0 Å². The Labute approximate surface area is 199 Å². The van der Waals surface area contributed by atoms with Gasteiger partial charge in [-0.1, -0.05) is 46.0 Å². The van der Waals surface area contributed by atoms with E-state index < -0.39 is 0 Å². The number of aliphatic hydroxyl groups is 1. The van der Waals surface area contributed by atoms with Gasteiger partial charge in [-0.3, -0.25) is 0 Å². The normalized spacial score (nSPS) is 18.6. The number of piperidine rings is 1. The van der Waals surface area contributed by atoms with Crippen molar-refractivity contribution in [3.63, 3.8) is 0 Å². The molecule has 1 aromatic heterocycles. The first kappa shape index (κ1) is 27.0. The topological polar surface area (TPSA) is 111 Å². The highest BCUT2D eigenvalue weighted by atomic mass is 16.3. The first-order chi connectivity index (χ1) is 16.1. The van der Waals surface area contributed by atoms with Gasteiger partial charge in [0, 0.05) is 18.5 Å². The molecule has 2 aliphatic rings. The van der Waals surface area contributed by atoms with Crippen LogP contribution >= 0.6 is 0 Å². The van der Waals surface area contributed by atoms with E-state index in [2.05, 4.69) is 34.0 Å². The van der Waals surface area contributed by atoms with Crippen molar-refractivity contribution in [2.75, 3.05) is 45.1 Å². The number of nitrogen functional groups attached to an aromatic ring is 1. The van der Waals surface area contributed by atoms with Crippen LogP contribution in [-0.4, -0.2) is 59.3 Å². The number of hydrogen-bond donors (Lipinski definition) is 3. The molecule has 7 nitrogen and oxygen atoms in total. The van der Waals surface area contributed by atoms with Gasteiger partial charge in [-0.05, 0) is 62.5 Å². The van der Waals surface area contributed by atoms with E-state index >= 15 is 0 Å². The van der Waals surface area contributed by atoms with Gasteiger partial charge in [0.2, 0.25) is 0 Å². The standard InChI is InChI=1S/C10H22N2O.C9H6N4.C7H14/c1-2-12(6-7-13)9-10-4-3-5-11-8-10;10-4-6-1-2-8-7(3-6)9(11)13-5-12-8;1-7-5-3-2-4-6-7/h10-11,13H,2-9H2,1H3;1-3,5H,(H2,11,12,13);7H,2-6H2,1H3. The Balaban J connectivity index is 0.000000184. The molecule has 33 heavy (non-hydrogen) atoms. The molecule has 1 aliphatic heterocycles. The summed E-state index contributed by atoms with van der Waals surface area (Å²) in [6.07, 6.45) is 11.5.